The fraction of sp³-hybridized carbons (Fsp3) is 0.316. The van der Waals surface area contributed by atoms with Crippen LogP contribution in [0.1, 0.15) is 17.5 Å². The van der Waals surface area contributed by atoms with Crippen LogP contribution < -0.4 is 9.62 Å². The number of rotatable bonds is 8. The quantitative estimate of drug-likeness (QED) is 0.699. The molecule has 0 bridgehead atoms. The number of aryl methyl sites for hydroxylation is 2. The molecule has 0 saturated heterocycles. The second-order valence-corrected chi connectivity index (χ2v) is 8.53. The molecule has 0 aliphatic carbocycles. The minimum Gasteiger partial charge on any atom is -0.355 e. The highest BCUT2D eigenvalue weighted by Crippen LogP contribution is 2.21. The Morgan fingerprint density at radius 3 is 2.46 bits per heavy atom. The largest absolute Gasteiger partial charge is 0.355 e. The van der Waals surface area contributed by atoms with E-state index in [0.717, 1.165) is 23.4 Å². The zero-order valence-corrected chi connectivity index (χ0v) is 16.5. The van der Waals surface area contributed by atoms with Crippen molar-refractivity contribution in [1.82, 2.24) is 5.32 Å². The van der Waals surface area contributed by atoms with E-state index in [1.54, 1.807) is 18.2 Å². The Kier molecular flexibility index (Phi) is 7.06. The van der Waals surface area contributed by atoms with Crippen LogP contribution in [0.2, 0.25) is 5.02 Å². The molecule has 0 atom stereocenters. The molecule has 0 radical (unpaired) electrons. The van der Waals surface area contributed by atoms with Gasteiger partial charge in [0.1, 0.15) is 6.54 Å². The van der Waals surface area contributed by atoms with E-state index < -0.39 is 10.0 Å². The summed E-state index contributed by atoms with van der Waals surface area (Å²) in [5.41, 5.74) is 2.79. The van der Waals surface area contributed by atoms with Gasteiger partial charge in [0, 0.05) is 11.6 Å². The minimum absolute atomic E-state index is 0.274. The SMILES string of the molecule is Cc1ccc(CCCNC(=O)CN(c2cccc(Cl)c2)S(C)(=O)=O)cc1. The molecule has 2 rings (SSSR count). The summed E-state index contributed by atoms with van der Waals surface area (Å²) >= 11 is 5.92. The van der Waals surface area contributed by atoms with Crippen LogP contribution in [0.5, 0.6) is 0 Å². The molecule has 1 N–H and O–H groups in total. The highest BCUT2D eigenvalue weighted by atomic mass is 35.5. The molecule has 2 aromatic carbocycles. The number of amides is 1. The molecule has 0 aliphatic heterocycles. The highest BCUT2D eigenvalue weighted by molar-refractivity contribution is 7.92. The van der Waals surface area contributed by atoms with Crippen molar-refractivity contribution in [2.24, 2.45) is 0 Å². The van der Waals surface area contributed by atoms with Crippen LogP contribution in [0.4, 0.5) is 5.69 Å². The molecule has 0 aromatic heterocycles. The molecule has 140 valence electrons. The van der Waals surface area contributed by atoms with Gasteiger partial charge < -0.3 is 5.32 Å². The van der Waals surface area contributed by atoms with Crippen LogP contribution in [0.15, 0.2) is 48.5 Å². The Hall–Kier alpha value is -2.05. The number of carbonyl (C=O) groups excluding carboxylic acids is 1. The minimum atomic E-state index is -3.59. The topological polar surface area (TPSA) is 66.5 Å². The van der Waals surface area contributed by atoms with E-state index >= 15 is 0 Å². The lowest BCUT2D eigenvalue weighted by Crippen LogP contribution is -2.40. The summed E-state index contributed by atoms with van der Waals surface area (Å²) in [6.07, 6.45) is 2.70. The van der Waals surface area contributed by atoms with Crippen molar-refractivity contribution in [1.29, 1.82) is 0 Å². The van der Waals surface area contributed by atoms with Gasteiger partial charge in [-0.1, -0.05) is 47.5 Å². The molecule has 0 heterocycles. The Morgan fingerprint density at radius 2 is 1.85 bits per heavy atom. The second-order valence-electron chi connectivity index (χ2n) is 6.19. The molecule has 2 aromatic rings. The smallest absolute Gasteiger partial charge is 0.240 e. The lowest BCUT2D eigenvalue weighted by atomic mass is 10.1. The molecule has 0 saturated carbocycles. The van der Waals surface area contributed by atoms with Crippen LogP contribution >= 0.6 is 11.6 Å². The molecule has 0 fully saturated rings. The Balaban J connectivity index is 1.88. The third kappa shape index (κ3) is 6.35. The van der Waals surface area contributed by atoms with E-state index in [9.17, 15) is 13.2 Å². The van der Waals surface area contributed by atoms with Gasteiger partial charge in [-0.05, 0) is 43.5 Å². The van der Waals surface area contributed by atoms with E-state index in [2.05, 4.69) is 29.6 Å². The summed E-state index contributed by atoms with van der Waals surface area (Å²) in [6, 6.07) is 14.7. The molecule has 0 unspecified atom stereocenters. The van der Waals surface area contributed by atoms with Gasteiger partial charge in [0.2, 0.25) is 15.9 Å². The van der Waals surface area contributed by atoms with E-state index in [4.69, 9.17) is 11.6 Å². The summed E-state index contributed by atoms with van der Waals surface area (Å²) in [6.45, 7) is 2.25. The number of nitrogens with zero attached hydrogens (tertiary/aromatic N) is 1. The summed E-state index contributed by atoms with van der Waals surface area (Å²) in [5.74, 6) is -0.348. The van der Waals surface area contributed by atoms with Crippen molar-refractivity contribution in [3.8, 4) is 0 Å². The Bertz CT molecular complexity index is 851. The molecular weight excluding hydrogens is 372 g/mol. The maximum atomic E-state index is 12.2. The molecule has 0 aliphatic rings. The monoisotopic (exact) mass is 394 g/mol. The zero-order valence-electron chi connectivity index (χ0n) is 14.9. The molecule has 1 amide bonds. The highest BCUT2D eigenvalue weighted by Gasteiger charge is 2.20. The fourth-order valence-corrected chi connectivity index (χ4v) is 3.53. The molecule has 0 spiro atoms. The van der Waals surface area contributed by atoms with E-state index in [-0.39, 0.29) is 12.5 Å². The van der Waals surface area contributed by atoms with Crippen LogP contribution in [0, 0.1) is 6.92 Å². The van der Waals surface area contributed by atoms with Gasteiger partial charge in [0.25, 0.3) is 0 Å². The average molecular weight is 395 g/mol. The van der Waals surface area contributed by atoms with Gasteiger partial charge in [-0.3, -0.25) is 9.10 Å². The Morgan fingerprint density at radius 1 is 1.15 bits per heavy atom. The molecule has 26 heavy (non-hydrogen) atoms. The van der Waals surface area contributed by atoms with E-state index in [1.807, 2.05) is 6.92 Å². The number of hydrogen-bond donors (Lipinski definition) is 1. The fourth-order valence-electron chi connectivity index (χ4n) is 2.49. The van der Waals surface area contributed by atoms with Crippen molar-refractivity contribution in [3.05, 3.63) is 64.7 Å². The van der Waals surface area contributed by atoms with Gasteiger partial charge in [0.05, 0.1) is 11.9 Å². The first-order chi connectivity index (χ1) is 12.3. The maximum absolute atomic E-state index is 12.2. The number of nitrogens with one attached hydrogen (secondary N) is 1. The van der Waals surface area contributed by atoms with Gasteiger partial charge in [-0.2, -0.15) is 0 Å². The van der Waals surface area contributed by atoms with Crippen molar-refractivity contribution >= 4 is 33.2 Å². The number of sulfonamides is 1. The van der Waals surface area contributed by atoms with Crippen molar-refractivity contribution in [3.63, 3.8) is 0 Å². The first kappa shape index (κ1) is 20.3. The van der Waals surface area contributed by atoms with E-state index in [1.165, 1.54) is 17.2 Å². The normalized spacial score (nSPS) is 11.2. The second kappa shape index (κ2) is 9.05. The summed E-state index contributed by atoms with van der Waals surface area (Å²) in [4.78, 5) is 12.2. The van der Waals surface area contributed by atoms with Crippen LogP contribution in [0.3, 0.4) is 0 Å². The first-order valence-electron chi connectivity index (χ1n) is 8.31. The first-order valence-corrected chi connectivity index (χ1v) is 10.5. The van der Waals surface area contributed by atoms with Crippen LogP contribution in [-0.4, -0.2) is 33.7 Å². The van der Waals surface area contributed by atoms with Crippen molar-refractivity contribution in [2.75, 3.05) is 23.7 Å². The summed E-state index contributed by atoms with van der Waals surface area (Å²) in [5, 5.41) is 3.18. The number of carbonyl (C=O) groups is 1. The third-order valence-electron chi connectivity index (χ3n) is 3.87. The molecule has 5 nitrogen and oxygen atoms in total. The predicted molar refractivity (Wildman–Crippen MR) is 106 cm³/mol. The standard InChI is InChI=1S/C19H23ClN2O3S/c1-15-8-10-16(11-9-15)5-4-12-21-19(23)14-22(26(2,24)25)18-7-3-6-17(20)13-18/h3,6-11,13H,4-5,12,14H2,1-2H3,(H,21,23). The maximum Gasteiger partial charge on any atom is 0.240 e. The van der Waals surface area contributed by atoms with Crippen molar-refractivity contribution in [2.45, 2.75) is 19.8 Å². The van der Waals surface area contributed by atoms with Gasteiger partial charge in [-0.15, -0.1) is 0 Å². The number of hydrogen-bond acceptors (Lipinski definition) is 3. The zero-order chi connectivity index (χ0) is 19.2. The van der Waals surface area contributed by atoms with Gasteiger partial charge >= 0.3 is 0 Å². The summed E-state index contributed by atoms with van der Waals surface area (Å²) in [7, 11) is -3.59. The third-order valence-corrected chi connectivity index (χ3v) is 5.24. The van der Waals surface area contributed by atoms with Gasteiger partial charge in [0.15, 0.2) is 0 Å². The van der Waals surface area contributed by atoms with Crippen molar-refractivity contribution < 1.29 is 13.2 Å². The average Bonchev–Trinajstić information content (AvgIpc) is 2.57. The number of benzene rings is 2. The number of anilines is 1. The van der Waals surface area contributed by atoms with Crippen LogP contribution in [0.25, 0.3) is 0 Å². The molecular formula is C19H23ClN2O3S. The number of halogens is 1. The van der Waals surface area contributed by atoms with E-state index in [0.29, 0.717) is 17.3 Å². The lowest BCUT2D eigenvalue weighted by Gasteiger charge is -2.22. The van der Waals surface area contributed by atoms with Gasteiger partial charge in [-0.25, -0.2) is 8.42 Å². The summed E-state index contributed by atoms with van der Waals surface area (Å²) < 4.78 is 25.1. The van der Waals surface area contributed by atoms with Crippen LogP contribution in [-0.2, 0) is 21.2 Å². The lowest BCUT2D eigenvalue weighted by molar-refractivity contribution is -0.119. The Labute approximate surface area is 160 Å². The predicted octanol–water partition coefficient (Wildman–Crippen LogP) is 3.16. The molecule has 7 heteroatoms.